The van der Waals surface area contributed by atoms with Crippen LogP contribution in [0.1, 0.15) is 25.8 Å². The third-order valence-corrected chi connectivity index (χ3v) is 4.31. The summed E-state index contributed by atoms with van der Waals surface area (Å²) in [5, 5.41) is 14.3. The minimum atomic E-state index is -0.920. The van der Waals surface area contributed by atoms with Gasteiger partial charge in [0.15, 0.2) is 0 Å². The van der Waals surface area contributed by atoms with E-state index in [-0.39, 0.29) is 25.2 Å². The molecule has 0 saturated heterocycles. The molecule has 5 heteroatoms. The molecule has 2 N–H and O–H groups in total. The average Bonchev–Trinajstić information content (AvgIpc) is 2.62. The lowest BCUT2D eigenvalue weighted by atomic mass is 9.95. The summed E-state index contributed by atoms with van der Waals surface area (Å²) >= 11 is 0. The van der Waals surface area contributed by atoms with Crippen LogP contribution < -0.4 is 5.32 Å². The molecule has 2 aromatic carbocycles. The molecule has 0 spiro atoms. The summed E-state index contributed by atoms with van der Waals surface area (Å²) < 4.78 is 5.36. The number of fused-ring (bicyclic) bond motifs is 1. The van der Waals surface area contributed by atoms with Crippen molar-refractivity contribution in [2.45, 2.75) is 32.8 Å². The third-order valence-electron chi connectivity index (χ3n) is 4.31. The van der Waals surface area contributed by atoms with Gasteiger partial charge in [-0.15, -0.1) is 0 Å². The standard InChI is InChI=1S/C20H25NO4/c1-3-14(2)25-13-19(22)21-12-17(20(23)24)11-16-9-6-8-15-7-4-5-10-18(15)16/h4-10,14,17H,3,11-13H2,1-2H3,(H,21,22)(H,23,24). The minimum absolute atomic E-state index is 0.0108. The van der Waals surface area contributed by atoms with Crippen LogP contribution in [0.4, 0.5) is 0 Å². The van der Waals surface area contributed by atoms with Gasteiger partial charge in [-0.25, -0.2) is 0 Å². The summed E-state index contributed by atoms with van der Waals surface area (Å²) in [6, 6.07) is 13.8. The maximum atomic E-state index is 11.8. The lowest BCUT2D eigenvalue weighted by Crippen LogP contribution is -2.36. The van der Waals surface area contributed by atoms with E-state index >= 15 is 0 Å². The molecule has 2 rings (SSSR count). The zero-order valence-corrected chi connectivity index (χ0v) is 14.7. The highest BCUT2D eigenvalue weighted by atomic mass is 16.5. The van der Waals surface area contributed by atoms with Crippen LogP contribution in [0.3, 0.4) is 0 Å². The number of ether oxygens (including phenoxy) is 1. The number of carboxylic acid groups (broad SMARTS) is 1. The van der Waals surface area contributed by atoms with Crippen LogP contribution in [0.5, 0.6) is 0 Å². The lowest BCUT2D eigenvalue weighted by Gasteiger charge is -2.16. The third kappa shape index (κ3) is 5.57. The highest BCUT2D eigenvalue weighted by Crippen LogP contribution is 2.21. The van der Waals surface area contributed by atoms with Gasteiger partial charge in [0.25, 0.3) is 0 Å². The molecule has 5 nitrogen and oxygen atoms in total. The van der Waals surface area contributed by atoms with Crippen molar-refractivity contribution >= 4 is 22.6 Å². The summed E-state index contributed by atoms with van der Waals surface area (Å²) in [6.45, 7) is 3.91. The molecular formula is C20H25NO4. The number of benzene rings is 2. The van der Waals surface area contributed by atoms with Crippen LogP contribution in [-0.2, 0) is 20.7 Å². The van der Waals surface area contributed by atoms with Crippen LogP contribution in [0.15, 0.2) is 42.5 Å². The quantitative estimate of drug-likeness (QED) is 0.734. The first-order chi connectivity index (χ1) is 12.0. The topological polar surface area (TPSA) is 75.6 Å². The number of carbonyl (C=O) groups is 2. The number of hydrogen-bond donors (Lipinski definition) is 2. The van der Waals surface area contributed by atoms with E-state index in [9.17, 15) is 14.7 Å². The number of hydrogen-bond acceptors (Lipinski definition) is 3. The first kappa shape index (κ1) is 18.9. The van der Waals surface area contributed by atoms with Gasteiger partial charge in [0.05, 0.1) is 12.0 Å². The van der Waals surface area contributed by atoms with Gasteiger partial charge in [0, 0.05) is 6.54 Å². The highest BCUT2D eigenvalue weighted by molar-refractivity contribution is 5.86. The Morgan fingerprint density at radius 2 is 1.88 bits per heavy atom. The van der Waals surface area contributed by atoms with Gasteiger partial charge in [-0.3, -0.25) is 9.59 Å². The van der Waals surface area contributed by atoms with Crippen molar-refractivity contribution in [3.05, 3.63) is 48.0 Å². The minimum Gasteiger partial charge on any atom is -0.481 e. The summed E-state index contributed by atoms with van der Waals surface area (Å²) in [6.07, 6.45) is 1.20. The Morgan fingerprint density at radius 3 is 2.60 bits per heavy atom. The molecule has 25 heavy (non-hydrogen) atoms. The van der Waals surface area contributed by atoms with Gasteiger partial charge in [-0.05, 0) is 36.1 Å². The van der Waals surface area contributed by atoms with Gasteiger partial charge in [-0.1, -0.05) is 49.4 Å². The fourth-order valence-electron chi connectivity index (χ4n) is 2.61. The first-order valence-corrected chi connectivity index (χ1v) is 8.59. The Bertz CT molecular complexity index is 723. The number of aliphatic carboxylic acids is 1. The normalized spacial score (nSPS) is 13.4. The van der Waals surface area contributed by atoms with E-state index in [1.807, 2.05) is 56.3 Å². The number of amides is 1. The van der Waals surface area contributed by atoms with E-state index in [1.165, 1.54) is 0 Å². The fraction of sp³-hybridized carbons (Fsp3) is 0.400. The Balaban J connectivity index is 1.99. The molecule has 0 bridgehead atoms. The van der Waals surface area contributed by atoms with Crippen LogP contribution in [0.2, 0.25) is 0 Å². The Hall–Kier alpha value is -2.40. The smallest absolute Gasteiger partial charge is 0.308 e. The average molecular weight is 343 g/mol. The second-order valence-corrected chi connectivity index (χ2v) is 6.21. The predicted octanol–water partition coefficient (Wildman–Crippen LogP) is 3.01. The van der Waals surface area contributed by atoms with Crippen molar-refractivity contribution in [3.63, 3.8) is 0 Å². The summed E-state index contributed by atoms with van der Waals surface area (Å²) in [7, 11) is 0. The summed E-state index contributed by atoms with van der Waals surface area (Å²) in [4.78, 5) is 23.4. The van der Waals surface area contributed by atoms with Gasteiger partial charge in [-0.2, -0.15) is 0 Å². The molecule has 0 heterocycles. The molecule has 0 aliphatic carbocycles. The van der Waals surface area contributed by atoms with Gasteiger partial charge >= 0.3 is 5.97 Å². The second-order valence-electron chi connectivity index (χ2n) is 6.21. The van der Waals surface area contributed by atoms with E-state index in [4.69, 9.17) is 4.74 Å². The van der Waals surface area contributed by atoms with Crippen LogP contribution in [0.25, 0.3) is 10.8 Å². The molecule has 2 atom stereocenters. The highest BCUT2D eigenvalue weighted by Gasteiger charge is 2.20. The van der Waals surface area contributed by atoms with Crippen LogP contribution in [-0.4, -0.2) is 36.2 Å². The summed E-state index contributed by atoms with van der Waals surface area (Å²) in [5.74, 6) is -1.89. The van der Waals surface area contributed by atoms with E-state index < -0.39 is 11.9 Å². The Kier molecular flexibility index (Phi) is 6.95. The van der Waals surface area contributed by atoms with E-state index in [0.717, 1.165) is 22.8 Å². The molecule has 1 amide bonds. The van der Waals surface area contributed by atoms with Crippen molar-refractivity contribution < 1.29 is 19.4 Å². The van der Waals surface area contributed by atoms with Crippen molar-refractivity contribution in [1.82, 2.24) is 5.32 Å². The molecule has 0 aromatic heterocycles. The molecule has 0 aliphatic rings. The molecule has 0 fully saturated rings. The van der Waals surface area contributed by atoms with Gasteiger partial charge in [0.2, 0.25) is 5.91 Å². The van der Waals surface area contributed by atoms with Gasteiger partial charge < -0.3 is 15.2 Å². The SMILES string of the molecule is CCC(C)OCC(=O)NCC(Cc1cccc2ccccc12)C(=O)O. The lowest BCUT2D eigenvalue weighted by molar-refractivity contribution is -0.141. The molecular weight excluding hydrogens is 318 g/mol. The van der Waals surface area contributed by atoms with E-state index in [1.54, 1.807) is 0 Å². The zero-order valence-electron chi connectivity index (χ0n) is 14.7. The van der Waals surface area contributed by atoms with Crippen molar-refractivity contribution in [1.29, 1.82) is 0 Å². The maximum absolute atomic E-state index is 11.8. The van der Waals surface area contributed by atoms with Crippen molar-refractivity contribution in [3.8, 4) is 0 Å². The number of nitrogens with one attached hydrogen (secondary N) is 1. The summed E-state index contributed by atoms with van der Waals surface area (Å²) in [5.41, 5.74) is 0.968. The molecule has 134 valence electrons. The molecule has 2 aromatic rings. The molecule has 0 aliphatic heterocycles. The monoisotopic (exact) mass is 343 g/mol. The molecule has 0 saturated carbocycles. The Labute approximate surface area is 148 Å². The first-order valence-electron chi connectivity index (χ1n) is 8.59. The maximum Gasteiger partial charge on any atom is 0.308 e. The second kappa shape index (κ2) is 9.18. The van der Waals surface area contributed by atoms with Gasteiger partial charge in [0.1, 0.15) is 6.61 Å². The zero-order chi connectivity index (χ0) is 18.2. The predicted molar refractivity (Wildman–Crippen MR) is 97.5 cm³/mol. The molecule has 0 radical (unpaired) electrons. The van der Waals surface area contributed by atoms with E-state index in [2.05, 4.69) is 5.32 Å². The fourth-order valence-corrected chi connectivity index (χ4v) is 2.61. The van der Waals surface area contributed by atoms with Crippen molar-refractivity contribution in [2.24, 2.45) is 5.92 Å². The van der Waals surface area contributed by atoms with Crippen molar-refractivity contribution in [2.75, 3.05) is 13.2 Å². The molecule has 2 unspecified atom stereocenters. The number of carbonyl (C=O) groups excluding carboxylic acids is 1. The number of rotatable bonds is 9. The largest absolute Gasteiger partial charge is 0.481 e. The number of carboxylic acids is 1. The van der Waals surface area contributed by atoms with Crippen LogP contribution in [0, 0.1) is 5.92 Å². The van der Waals surface area contributed by atoms with Crippen LogP contribution >= 0.6 is 0 Å². The Morgan fingerprint density at radius 1 is 1.16 bits per heavy atom. The van der Waals surface area contributed by atoms with E-state index in [0.29, 0.717) is 6.42 Å².